The molecule has 25 heavy (non-hydrogen) atoms. The van der Waals surface area contributed by atoms with Crippen molar-refractivity contribution in [2.75, 3.05) is 6.54 Å². The number of aromatic nitrogens is 1. The molecule has 0 radical (unpaired) electrons. The predicted octanol–water partition coefficient (Wildman–Crippen LogP) is 1.24. The first-order valence-corrected chi connectivity index (χ1v) is 8.27. The SMILES string of the molecule is Cc1nc2c(C(=O)NC[C@H]3CCC[C@@]34NC(=O)NC4=O)cccc2o1. The van der Waals surface area contributed by atoms with E-state index < -0.39 is 11.6 Å². The second-order valence-electron chi connectivity index (χ2n) is 6.56. The molecule has 1 aromatic carbocycles. The standard InChI is InChI=1S/C17H18N4O4/c1-9-19-13-11(5-2-6-12(13)25-9)14(22)18-8-10-4-3-7-17(10)15(23)20-16(24)21-17/h2,5-6,10H,3-4,7-8H2,1H3,(H,18,22)(H2,20,21,23,24)/t10-,17-/m1/s1. The summed E-state index contributed by atoms with van der Waals surface area (Å²) in [6.45, 7) is 2.03. The van der Waals surface area contributed by atoms with Crippen LogP contribution in [-0.4, -0.2) is 34.9 Å². The second-order valence-corrected chi connectivity index (χ2v) is 6.56. The number of oxazole rings is 1. The highest BCUT2D eigenvalue weighted by atomic mass is 16.3. The Morgan fingerprint density at radius 3 is 3.04 bits per heavy atom. The molecule has 2 aromatic rings. The molecule has 2 heterocycles. The lowest BCUT2D eigenvalue weighted by Crippen LogP contribution is -2.53. The van der Waals surface area contributed by atoms with Crippen molar-refractivity contribution in [3.8, 4) is 0 Å². The van der Waals surface area contributed by atoms with Crippen molar-refractivity contribution < 1.29 is 18.8 Å². The van der Waals surface area contributed by atoms with Crippen LogP contribution in [0, 0.1) is 12.8 Å². The molecule has 1 aliphatic heterocycles. The zero-order chi connectivity index (χ0) is 17.6. The molecule has 3 N–H and O–H groups in total. The lowest BCUT2D eigenvalue weighted by atomic mass is 9.87. The predicted molar refractivity (Wildman–Crippen MR) is 87.8 cm³/mol. The van der Waals surface area contributed by atoms with Crippen LogP contribution in [0.5, 0.6) is 0 Å². The minimum absolute atomic E-state index is 0.138. The van der Waals surface area contributed by atoms with Crippen molar-refractivity contribution in [2.45, 2.75) is 31.7 Å². The number of imide groups is 1. The van der Waals surface area contributed by atoms with E-state index in [4.69, 9.17) is 4.42 Å². The minimum Gasteiger partial charge on any atom is -0.441 e. The maximum atomic E-state index is 12.6. The number of nitrogens with one attached hydrogen (secondary N) is 3. The molecule has 8 nitrogen and oxygen atoms in total. The zero-order valence-electron chi connectivity index (χ0n) is 13.7. The van der Waals surface area contributed by atoms with Gasteiger partial charge in [-0.1, -0.05) is 12.5 Å². The number of aryl methyl sites for hydroxylation is 1. The summed E-state index contributed by atoms with van der Waals surface area (Å²) in [4.78, 5) is 40.6. The third kappa shape index (κ3) is 2.45. The van der Waals surface area contributed by atoms with E-state index in [2.05, 4.69) is 20.9 Å². The molecule has 2 atom stereocenters. The Hall–Kier alpha value is -2.90. The molecule has 1 aromatic heterocycles. The molecular weight excluding hydrogens is 324 g/mol. The number of rotatable bonds is 3. The summed E-state index contributed by atoms with van der Waals surface area (Å²) in [5.74, 6) is -0.217. The monoisotopic (exact) mass is 342 g/mol. The van der Waals surface area contributed by atoms with Crippen LogP contribution >= 0.6 is 0 Å². The van der Waals surface area contributed by atoms with Gasteiger partial charge in [-0.25, -0.2) is 9.78 Å². The Bertz CT molecular complexity index is 890. The molecule has 4 amide bonds. The van der Waals surface area contributed by atoms with E-state index in [1.807, 2.05) is 0 Å². The summed E-state index contributed by atoms with van der Waals surface area (Å²) in [5.41, 5.74) is 0.609. The number of amides is 4. The summed E-state index contributed by atoms with van der Waals surface area (Å²) >= 11 is 0. The minimum atomic E-state index is -0.902. The largest absolute Gasteiger partial charge is 0.441 e. The van der Waals surface area contributed by atoms with Crippen LogP contribution in [0.1, 0.15) is 35.5 Å². The smallest absolute Gasteiger partial charge is 0.322 e. The van der Waals surface area contributed by atoms with Crippen molar-refractivity contribution in [1.29, 1.82) is 0 Å². The van der Waals surface area contributed by atoms with Crippen LogP contribution in [0.4, 0.5) is 4.79 Å². The Labute approximate surface area is 143 Å². The Balaban J connectivity index is 1.52. The molecule has 1 aliphatic carbocycles. The van der Waals surface area contributed by atoms with Gasteiger partial charge in [-0.3, -0.25) is 14.9 Å². The maximum Gasteiger partial charge on any atom is 0.322 e. The number of urea groups is 1. The molecule has 0 unspecified atom stereocenters. The summed E-state index contributed by atoms with van der Waals surface area (Å²) in [5, 5.41) is 7.93. The highest BCUT2D eigenvalue weighted by Crippen LogP contribution is 2.37. The highest BCUT2D eigenvalue weighted by Gasteiger charge is 2.54. The Kier molecular flexibility index (Phi) is 3.48. The van der Waals surface area contributed by atoms with Gasteiger partial charge in [-0.2, -0.15) is 0 Å². The number of hydrogen-bond acceptors (Lipinski definition) is 5. The number of fused-ring (bicyclic) bond motifs is 1. The molecule has 2 fully saturated rings. The van der Waals surface area contributed by atoms with E-state index in [0.29, 0.717) is 35.5 Å². The van der Waals surface area contributed by atoms with E-state index in [1.165, 1.54) is 0 Å². The average Bonchev–Trinajstić information content (AvgIpc) is 3.22. The van der Waals surface area contributed by atoms with Crippen LogP contribution in [0.15, 0.2) is 22.6 Å². The molecule has 1 saturated heterocycles. The summed E-state index contributed by atoms with van der Waals surface area (Å²) in [6.07, 6.45) is 2.18. The fraction of sp³-hybridized carbons (Fsp3) is 0.412. The van der Waals surface area contributed by atoms with E-state index in [-0.39, 0.29) is 17.7 Å². The highest BCUT2D eigenvalue weighted by molar-refractivity contribution is 6.07. The van der Waals surface area contributed by atoms with Gasteiger partial charge in [0.2, 0.25) is 0 Å². The normalized spacial score (nSPS) is 25.4. The van der Waals surface area contributed by atoms with Gasteiger partial charge >= 0.3 is 6.03 Å². The lowest BCUT2D eigenvalue weighted by Gasteiger charge is -2.28. The van der Waals surface area contributed by atoms with E-state index in [9.17, 15) is 14.4 Å². The van der Waals surface area contributed by atoms with Crippen LogP contribution in [-0.2, 0) is 4.79 Å². The fourth-order valence-electron chi connectivity index (χ4n) is 3.88. The molecule has 4 rings (SSSR count). The van der Waals surface area contributed by atoms with Crippen molar-refractivity contribution >= 4 is 28.9 Å². The number of nitrogens with zero attached hydrogens (tertiary/aromatic N) is 1. The van der Waals surface area contributed by atoms with Gasteiger partial charge in [0.15, 0.2) is 11.5 Å². The van der Waals surface area contributed by atoms with Gasteiger partial charge < -0.3 is 15.1 Å². The number of para-hydroxylation sites is 1. The molecule has 130 valence electrons. The van der Waals surface area contributed by atoms with Crippen molar-refractivity contribution in [3.05, 3.63) is 29.7 Å². The van der Waals surface area contributed by atoms with Gasteiger partial charge in [0, 0.05) is 19.4 Å². The number of carbonyl (C=O) groups is 3. The lowest BCUT2D eigenvalue weighted by molar-refractivity contribution is -0.125. The van der Waals surface area contributed by atoms with Crippen molar-refractivity contribution in [1.82, 2.24) is 20.9 Å². The summed E-state index contributed by atoms with van der Waals surface area (Å²) in [7, 11) is 0. The van der Waals surface area contributed by atoms with Gasteiger partial charge in [0.1, 0.15) is 11.1 Å². The van der Waals surface area contributed by atoms with Gasteiger partial charge in [0.05, 0.1) is 5.56 Å². The molecule has 1 saturated carbocycles. The fourth-order valence-corrected chi connectivity index (χ4v) is 3.88. The Morgan fingerprint density at radius 2 is 2.28 bits per heavy atom. The first-order chi connectivity index (χ1) is 12.0. The van der Waals surface area contributed by atoms with E-state index >= 15 is 0 Å². The third-order valence-electron chi connectivity index (χ3n) is 5.07. The van der Waals surface area contributed by atoms with Crippen LogP contribution in [0.25, 0.3) is 11.1 Å². The van der Waals surface area contributed by atoms with Crippen molar-refractivity contribution in [3.63, 3.8) is 0 Å². The molecular formula is C17H18N4O4. The molecule has 0 bridgehead atoms. The van der Waals surface area contributed by atoms with Crippen LogP contribution in [0.3, 0.4) is 0 Å². The average molecular weight is 342 g/mol. The molecule has 1 spiro atoms. The molecule has 2 aliphatic rings. The van der Waals surface area contributed by atoms with Gasteiger partial charge in [0.25, 0.3) is 11.8 Å². The van der Waals surface area contributed by atoms with Crippen molar-refractivity contribution in [2.24, 2.45) is 5.92 Å². The van der Waals surface area contributed by atoms with E-state index in [0.717, 1.165) is 12.8 Å². The summed E-state index contributed by atoms with van der Waals surface area (Å²) < 4.78 is 5.45. The van der Waals surface area contributed by atoms with Crippen LogP contribution in [0.2, 0.25) is 0 Å². The van der Waals surface area contributed by atoms with Gasteiger partial charge in [-0.05, 0) is 25.0 Å². The number of hydrogen-bond donors (Lipinski definition) is 3. The molecule has 8 heteroatoms. The Morgan fingerprint density at radius 1 is 1.44 bits per heavy atom. The number of carbonyl (C=O) groups excluding carboxylic acids is 3. The quantitative estimate of drug-likeness (QED) is 0.727. The van der Waals surface area contributed by atoms with Gasteiger partial charge in [-0.15, -0.1) is 0 Å². The van der Waals surface area contributed by atoms with Crippen LogP contribution < -0.4 is 16.0 Å². The first-order valence-electron chi connectivity index (χ1n) is 8.27. The first kappa shape index (κ1) is 15.6. The van der Waals surface area contributed by atoms with E-state index in [1.54, 1.807) is 25.1 Å². The topological polar surface area (TPSA) is 113 Å². The summed E-state index contributed by atoms with van der Waals surface area (Å²) in [6, 6.07) is 4.72. The third-order valence-corrected chi connectivity index (χ3v) is 5.07. The maximum absolute atomic E-state index is 12.6. The number of benzene rings is 1. The zero-order valence-corrected chi connectivity index (χ0v) is 13.7. The second kappa shape index (κ2) is 5.58.